The molecule has 40 heavy (non-hydrogen) atoms. The topological polar surface area (TPSA) is 166 Å². The number of benzene rings is 3. The molecule has 4 aromatic rings. The number of rotatable bonds is 11. The minimum absolute atomic E-state index is 0.0211. The number of thioether (sulfide) groups is 1. The van der Waals surface area contributed by atoms with E-state index in [1.165, 1.54) is 29.2 Å². The number of anilines is 1. The molecule has 1 aliphatic heterocycles. The lowest BCUT2D eigenvalue weighted by Crippen LogP contribution is -2.40. The van der Waals surface area contributed by atoms with Crippen LogP contribution in [0.5, 0.6) is 0 Å². The average molecular weight is 580 g/mol. The van der Waals surface area contributed by atoms with Crippen molar-refractivity contribution in [3.63, 3.8) is 0 Å². The number of sulfonamides is 1. The Labute approximate surface area is 234 Å². The van der Waals surface area contributed by atoms with Crippen LogP contribution in [0.15, 0.2) is 75.2 Å². The number of amides is 3. The molecule has 1 aromatic heterocycles. The van der Waals surface area contributed by atoms with E-state index >= 15 is 0 Å². The third-order valence-electron chi connectivity index (χ3n) is 6.37. The van der Waals surface area contributed by atoms with Gasteiger partial charge >= 0.3 is 0 Å². The van der Waals surface area contributed by atoms with E-state index in [1.807, 2.05) is 24.3 Å². The highest BCUT2D eigenvalue weighted by atomic mass is 32.2. The summed E-state index contributed by atoms with van der Waals surface area (Å²) >= 11 is 1.08. The van der Waals surface area contributed by atoms with Gasteiger partial charge in [-0.1, -0.05) is 42.4 Å². The van der Waals surface area contributed by atoms with Crippen LogP contribution in [0.1, 0.15) is 45.9 Å². The first-order valence-electron chi connectivity index (χ1n) is 12.5. The van der Waals surface area contributed by atoms with Gasteiger partial charge in [-0.2, -0.15) is 0 Å². The maximum atomic E-state index is 13.0. The maximum Gasteiger partial charge on any atom is 0.277 e. The summed E-state index contributed by atoms with van der Waals surface area (Å²) in [7, 11) is -3.80. The van der Waals surface area contributed by atoms with Crippen molar-refractivity contribution in [2.75, 3.05) is 17.6 Å². The third kappa shape index (κ3) is 6.06. The molecule has 0 saturated heterocycles. The molecule has 0 saturated carbocycles. The van der Waals surface area contributed by atoms with Gasteiger partial charge in [-0.25, -0.2) is 13.6 Å². The number of aryl methyl sites for hydroxylation is 1. The van der Waals surface area contributed by atoms with Crippen LogP contribution in [0.25, 0.3) is 10.8 Å². The fraction of sp³-hybridized carbons (Fsp3) is 0.222. The van der Waals surface area contributed by atoms with Crippen molar-refractivity contribution in [1.29, 1.82) is 0 Å². The molecule has 0 unspecified atom stereocenters. The first-order valence-corrected chi connectivity index (χ1v) is 15.0. The third-order valence-corrected chi connectivity index (χ3v) is 8.12. The van der Waals surface area contributed by atoms with Gasteiger partial charge in [-0.3, -0.25) is 19.3 Å². The molecular weight excluding hydrogens is 554 g/mol. The van der Waals surface area contributed by atoms with Gasteiger partial charge in [0.25, 0.3) is 17.0 Å². The maximum absolute atomic E-state index is 13.0. The number of imide groups is 1. The van der Waals surface area contributed by atoms with Crippen LogP contribution in [-0.4, -0.2) is 53.5 Å². The second-order valence-electron chi connectivity index (χ2n) is 9.15. The van der Waals surface area contributed by atoms with Crippen LogP contribution in [0, 0.1) is 0 Å². The first kappa shape index (κ1) is 27.5. The number of carbonyl (C=O) groups excluding carboxylic acids is 3. The van der Waals surface area contributed by atoms with E-state index in [0.717, 1.165) is 35.4 Å². The van der Waals surface area contributed by atoms with Gasteiger partial charge in [0.05, 0.1) is 10.6 Å². The normalized spacial score (nSPS) is 13.2. The minimum atomic E-state index is -3.80. The number of hydrogen-bond acceptors (Lipinski definition) is 9. The number of aromatic nitrogens is 2. The van der Waals surface area contributed by atoms with E-state index in [4.69, 9.17) is 9.56 Å². The zero-order valence-corrected chi connectivity index (χ0v) is 22.8. The lowest BCUT2D eigenvalue weighted by Gasteiger charge is -2.27. The summed E-state index contributed by atoms with van der Waals surface area (Å²) in [5.74, 6) is -0.399. The van der Waals surface area contributed by atoms with Crippen molar-refractivity contribution in [2.45, 2.75) is 35.8 Å². The lowest BCUT2D eigenvalue weighted by atomic mass is 9.94. The molecule has 5 rings (SSSR count). The van der Waals surface area contributed by atoms with E-state index in [9.17, 15) is 22.8 Å². The van der Waals surface area contributed by atoms with Crippen LogP contribution in [0.2, 0.25) is 0 Å². The van der Waals surface area contributed by atoms with E-state index in [1.54, 1.807) is 12.1 Å². The quantitative estimate of drug-likeness (QED) is 0.153. The van der Waals surface area contributed by atoms with Gasteiger partial charge in [0.15, 0.2) is 0 Å². The molecule has 3 N–H and O–H groups in total. The Morgan fingerprint density at radius 2 is 1.60 bits per heavy atom. The number of unbranched alkanes of at least 4 members (excludes halogenated alkanes) is 2. The zero-order chi connectivity index (χ0) is 28.3. The van der Waals surface area contributed by atoms with Gasteiger partial charge in [-0.15, -0.1) is 10.2 Å². The molecular formula is C27H25N5O6S2. The van der Waals surface area contributed by atoms with Crippen molar-refractivity contribution < 1.29 is 27.2 Å². The van der Waals surface area contributed by atoms with Crippen LogP contribution in [-0.2, 0) is 21.2 Å². The number of carbonyl (C=O) groups is 3. The fourth-order valence-electron chi connectivity index (χ4n) is 4.46. The number of nitrogens with zero attached hydrogens (tertiary/aromatic N) is 3. The van der Waals surface area contributed by atoms with E-state index in [0.29, 0.717) is 42.1 Å². The van der Waals surface area contributed by atoms with Crippen molar-refractivity contribution in [3.05, 3.63) is 77.7 Å². The van der Waals surface area contributed by atoms with Crippen molar-refractivity contribution in [1.82, 2.24) is 15.1 Å². The molecule has 0 aliphatic carbocycles. The molecule has 0 radical (unpaired) electrons. The predicted molar refractivity (Wildman–Crippen MR) is 148 cm³/mol. The average Bonchev–Trinajstić information content (AvgIpc) is 3.39. The summed E-state index contributed by atoms with van der Waals surface area (Å²) in [6.07, 6.45) is 2.65. The molecule has 0 spiro atoms. The first-order chi connectivity index (χ1) is 19.2. The summed E-state index contributed by atoms with van der Waals surface area (Å²) < 4.78 is 28.2. The van der Waals surface area contributed by atoms with Gasteiger partial charge in [0, 0.05) is 35.2 Å². The monoisotopic (exact) mass is 579 g/mol. The fourth-order valence-corrected chi connectivity index (χ4v) is 5.55. The standard InChI is InChI=1S/C27H25N5O6S2/c28-40(36,37)19-13-11-18(12-14-19)29-22(33)16-39-27-31-30-23(38-27)10-2-1-3-15-32-25(34)20-8-4-6-17-7-5-9-21(24(17)20)26(32)35/h4-9,11-14H,1-3,10,15-16H2,(H,29,33)(H2,28,36,37). The van der Waals surface area contributed by atoms with Crippen molar-refractivity contribution in [2.24, 2.45) is 5.14 Å². The van der Waals surface area contributed by atoms with Gasteiger partial charge in [-0.05, 0) is 54.6 Å². The molecule has 2 heterocycles. The highest BCUT2D eigenvalue weighted by molar-refractivity contribution is 7.99. The predicted octanol–water partition coefficient (Wildman–Crippen LogP) is 3.61. The highest BCUT2D eigenvalue weighted by Gasteiger charge is 2.32. The van der Waals surface area contributed by atoms with E-state index in [2.05, 4.69) is 15.5 Å². The Kier molecular flexibility index (Phi) is 7.96. The van der Waals surface area contributed by atoms with Crippen LogP contribution >= 0.6 is 11.8 Å². The molecule has 206 valence electrons. The van der Waals surface area contributed by atoms with E-state index < -0.39 is 10.0 Å². The largest absolute Gasteiger partial charge is 0.416 e. The number of nitrogens with two attached hydrogens (primary N) is 1. The molecule has 11 nitrogen and oxygen atoms in total. The molecule has 1 aliphatic rings. The van der Waals surface area contributed by atoms with Gasteiger partial charge in [0.1, 0.15) is 0 Å². The summed E-state index contributed by atoms with van der Waals surface area (Å²) in [5.41, 5.74) is 1.54. The molecule has 0 fully saturated rings. The summed E-state index contributed by atoms with van der Waals surface area (Å²) in [6, 6.07) is 16.5. The van der Waals surface area contributed by atoms with E-state index in [-0.39, 0.29) is 33.6 Å². The Bertz CT molecular complexity index is 1650. The Hall–Kier alpha value is -4.07. The number of primary sulfonamides is 1. The minimum Gasteiger partial charge on any atom is -0.416 e. The zero-order valence-electron chi connectivity index (χ0n) is 21.2. The van der Waals surface area contributed by atoms with Gasteiger partial charge < -0.3 is 9.73 Å². The number of hydrogen-bond donors (Lipinski definition) is 2. The smallest absolute Gasteiger partial charge is 0.277 e. The van der Waals surface area contributed by atoms with Gasteiger partial charge in [0.2, 0.25) is 21.8 Å². The number of nitrogens with one attached hydrogen (secondary N) is 1. The van der Waals surface area contributed by atoms with Crippen molar-refractivity contribution >= 4 is 56.0 Å². The summed E-state index contributed by atoms with van der Waals surface area (Å²) in [6.45, 7) is 0.327. The van der Waals surface area contributed by atoms with Crippen molar-refractivity contribution in [3.8, 4) is 0 Å². The summed E-state index contributed by atoms with van der Waals surface area (Å²) in [5, 5.41) is 17.5. The Balaban J connectivity index is 1.04. The molecule has 13 heteroatoms. The van der Waals surface area contributed by atoms with Crippen LogP contribution < -0.4 is 10.5 Å². The second kappa shape index (κ2) is 11.6. The highest BCUT2D eigenvalue weighted by Crippen LogP contribution is 2.30. The second-order valence-corrected chi connectivity index (χ2v) is 11.6. The molecule has 3 aromatic carbocycles. The molecule has 0 atom stereocenters. The Morgan fingerprint density at radius 3 is 2.25 bits per heavy atom. The lowest BCUT2D eigenvalue weighted by molar-refractivity contribution is -0.113. The van der Waals surface area contributed by atoms with Crippen LogP contribution in [0.3, 0.4) is 0 Å². The Morgan fingerprint density at radius 1 is 0.925 bits per heavy atom. The van der Waals surface area contributed by atoms with Crippen LogP contribution in [0.4, 0.5) is 5.69 Å². The molecule has 0 bridgehead atoms. The summed E-state index contributed by atoms with van der Waals surface area (Å²) in [4.78, 5) is 39.4. The molecule has 3 amide bonds. The SMILES string of the molecule is NS(=O)(=O)c1ccc(NC(=O)CSc2nnc(CCCCCN3C(=O)c4cccc5cccc(c45)C3=O)o2)cc1.